The lowest BCUT2D eigenvalue weighted by molar-refractivity contribution is -0.130. The van der Waals surface area contributed by atoms with Crippen LogP contribution in [0.2, 0.25) is 0 Å². The van der Waals surface area contributed by atoms with Crippen molar-refractivity contribution in [2.24, 2.45) is 0 Å². The molecule has 7 nitrogen and oxygen atoms in total. The number of fused-ring (bicyclic) bond motifs is 1. The third-order valence-electron chi connectivity index (χ3n) is 3.76. The van der Waals surface area contributed by atoms with E-state index in [1.807, 2.05) is 0 Å². The molecule has 1 aromatic carbocycles. The minimum atomic E-state index is -0.610. The van der Waals surface area contributed by atoms with Gasteiger partial charge in [-0.1, -0.05) is 0 Å². The van der Waals surface area contributed by atoms with Crippen LogP contribution in [0.25, 0.3) is 11.1 Å². The maximum absolute atomic E-state index is 13.2. The van der Waals surface area contributed by atoms with E-state index in [1.54, 1.807) is 20.8 Å². The SMILES string of the molecule is CC(C)(C)OC(=O)N1CC[C@@H]1C(=O)NCc1nc2cc(F)ccc2o1. The quantitative estimate of drug-likeness (QED) is 0.921. The minimum Gasteiger partial charge on any atom is -0.444 e. The standard InChI is InChI=1S/C17H20FN3O4/c1-17(2,3)25-16(23)21-7-6-12(21)15(22)19-9-14-20-11-8-10(18)4-5-13(11)24-14/h4-5,8,12H,6-7,9H2,1-3H3,(H,19,22)/t12-/m1/s1. The second kappa shape index (κ2) is 6.34. The topological polar surface area (TPSA) is 84.7 Å². The molecule has 1 N–H and O–H groups in total. The number of amides is 2. The van der Waals surface area contributed by atoms with E-state index in [0.717, 1.165) is 0 Å². The molecule has 3 rings (SSSR count). The zero-order valence-corrected chi connectivity index (χ0v) is 14.3. The van der Waals surface area contributed by atoms with Gasteiger partial charge >= 0.3 is 6.09 Å². The Morgan fingerprint density at radius 1 is 1.44 bits per heavy atom. The molecular weight excluding hydrogens is 329 g/mol. The molecule has 1 aliphatic rings. The van der Waals surface area contributed by atoms with Crippen molar-refractivity contribution in [1.29, 1.82) is 0 Å². The molecule has 1 aromatic heterocycles. The molecule has 2 heterocycles. The van der Waals surface area contributed by atoms with Crippen LogP contribution in [0.15, 0.2) is 22.6 Å². The number of hydrogen-bond acceptors (Lipinski definition) is 5. The first-order chi connectivity index (χ1) is 11.7. The number of benzene rings is 1. The van der Waals surface area contributed by atoms with Gasteiger partial charge < -0.3 is 14.5 Å². The molecule has 0 spiro atoms. The largest absolute Gasteiger partial charge is 0.444 e. The molecule has 0 radical (unpaired) electrons. The van der Waals surface area contributed by atoms with Crippen LogP contribution in [0.4, 0.5) is 9.18 Å². The summed E-state index contributed by atoms with van der Waals surface area (Å²) < 4.78 is 23.9. The Morgan fingerprint density at radius 2 is 2.20 bits per heavy atom. The smallest absolute Gasteiger partial charge is 0.410 e. The number of rotatable bonds is 3. The van der Waals surface area contributed by atoms with Gasteiger partial charge in [0.15, 0.2) is 5.58 Å². The first-order valence-corrected chi connectivity index (χ1v) is 8.05. The van der Waals surface area contributed by atoms with E-state index in [0.29, 0.717) is 24.1 Å². The van der Waals surface area contributed by atoms with Crippen LogP contribution in [0.1, 0.15) is 33.1 Å². The fourth-order valence-corrected chi connectivity index (χ4v) is 2.50. The summed E-state index contributed by atoms with van der Waals surface area (Å²) in [6, 6.07) is 3.47. The number of oxazole rings is 1. The Hall–Kier alpha value is -2.64. The third kappa shape index (κ3) is 3.89. The van der Waals surface area contributed by atoms with Gasteiger partial charge in [-0.3, -0.25) is 9.69 Å². The van der Waals surface area contributed by atoms with Gasteiger partial charge in [0.05, 0.1) is 6.54 Å². The second-order valence-electron chi connectivity index (χ2n) is 6.92. The Bertz CT molecular complexity index is 812. The van der Waals surface area contributed by atoms with E-state index in [2.05, 4.69) is 10.3 Å². The highest BCUT2D eigenvalue weighted by Crippen LogP contribution is 2.22. The number of carbonyl (C=O) groups is 2. The summed E-state index contributed by atoms with van der Waals surface area (Å²) in [5, 5.41) is 2.69. The van der Waals surface area contributed by atoms with E-state index in [-0.39, 0.29) is 18.3 Å². The number of carbonyl (C=O) groups excluding carboxylic acids is 2. The molecule has 134 valence electrons. The van der Waals surface area contributed by atoms with Crippen LogP contribution < -0.4 is 5.32 Å². The first kappa shape index (κ1) is 17.2. The Balaban J connectivity index is 1.57. The second-order valence-corrected chi connectivity index (χ2v) is 6.92. The van der Waals surface area contributed by atoms with E-state index in [4.69, 9.17) is 9.15 Å². The Morgan fingerprint density at radius 3 is 2.84 bits per heavy atom. The van der Waals surface area contributed by atoms with Crippen molar-refractivity contribution in [3.05, 3.63) is 29.9 Å². The molecule has 8 heteroatoms. The van der Waals surface area contributed by atoms with Gasteiger partial charge in [-0.15, -0.1) is 0 Å². The lowest BCUT2D eigenvalue weighted by atomic mass is 10.0. The zero-order valence-electron chi connectivity index (χ0n) is 14.3. The van der Waals surface area contributed by atoms with Gasteiger partial charge in [-0.2, -0.15) is 0 Å². The van der Waals surface area contributed by atoms with Gasteiger partial charge in [0.2, 0.25) is 11.8 Å². The summed E-state index contributed by atoms with van der Waals surface area (Å²) in [7, 11) is 0. The van der Waals surface area contributed by atoms with Crippen LogP contribution in [0, 0.1) is 5.82 Å². The minimum absolute atomic E-state index is 0.0633. The van der Waals surface area contributed by atoms with Crippen molar-refractivity contribution in [3.63, 3.8) is 0 Å². The van der Waals surface area contributed by atoms with Crippen LogP contribution in [0.5, 0.6) is 0 Å². The number of hydrogen-bond donors (Lipinski definition) is 1. The van der Waals surface area contributed by atoms with Gasteiger partial charge in [0.1, 0.15) is 23.0 Å². The Kier molecular flexibility index (Phi) is 4.36. The van der Waals surface area contributed by atoms with Crippen molar-refractivity contribution >= 4 is 23.1 Å². The zero-order chi connectivity index (χ0) is 18.2. The fraction of sp³-hybridized carbons (Fsp3) is 0.471. The van der Waals surface area contributed by atoms with Crippen molar-refractivity contribution in [2.75, 3.05) is 6.54 Å². The van der Waals surface area contributed by atoms with Gasteiger partial charge in [0, 0.05) is 12.6 Å². The number of nitrogens with one attached hydrogen (secondary N) is 1. The number of halogens is 1. The summed E-state index contributed by atoms with van der Waals surface area (Å²) >= 11 is 0. The maximum Gasteiger partial charge on any atom is 0.410 e. The highest BCUT2D eigenvalue weighted by atomic mass is 19.1. The maximum atomic E-state index is 13.2. The van der Waals surface area contributed by atoms with Gasteiger partial charge in [-0.05, 0) is 39.3 Å². The molecule has 2 amide bonds. The normalized spacial score (nSPS) is 17.3. The van der Waals surface area contributed by atoms with Crippen LogP contribution in [0.3, 0.4) is 0 Å². The summed E-state index contributed by atoms with van der Waals surface area (Å²) in [5.41, 5.74) is 0.231. The molecule has 1 saturated heterocycles. The van der Waals surface area contributed by atoms with Crippen molar-refractivity contribution in [2.45, 2.75) is 45.4 Å². The molecule has 0 saturated carbocycles. The number of nitrogens with zero attached hydrogens (tertiary/aromatic N) is 2. The molecule has 0 aliphatic carbocycles. The van der Waals surface area contributed by atoms with Gasteiger partial charge in [0.25, 0.3) is 0 Å². The number of ether oxygens (including phenoxy) is 1. The molecule has 2 aromatic rings. The lowest BCUT2D eigenvalue weighted by Crippen LogP contribution is -2.59. The predicted molar refractivity (Wildman–Crippen MR) is 87.2 cm³/mol. The van der Waals surface area contributed by atoms with Crippen molar-refractivity contribution < 1.29 is 23.1 Å². The van der Waals surface area contributed by atoms with Gasteiger partial charge in [-0.25, -0.2) is 14.2 Å². The number of likely N-dealkylation sites (tertiary alicyclic amines) is 1. The summed E-state index contributed by atoms with van der Waals surface area (Å²) in [4.78, 5) is 29.8. The van der Waals surface area contributed by atoms with E-state index < -0.39 is 23.6 Å². The summed E-state index contributed by atoms with van der Waals surface area (Å²) in [6.07, 6.45) is 0.0698. The lowest BCUT2D eigenvalue weighted by Gasteiger charge is -2.40. The fourth-order valence-electron chi connectivity index (χ4n) is 2.50. The van der Waals surface area contributed by atoms with Crippen LogP contribution in [-0.4, -0.2) is 40.1 Å². The number of aromatic nitrogens is 1. The van der Waals surface area contributed by atoms with Crippen LogP contribution in [-0.2, 0) is 16.1 Å². The van der Waals surface area contributed by atoms with E-state index in [1.165, 1.54) is 23.1 Å². The van der Waals surface area contributed by atoms with Crippen LogP contribution >= 0.6 is 0 Å². The molecule has 1 atom stereocenters. The molecule has 0 unspecified atom stereocenters. The van der Waals surface area contributed by atoms with E-state index in [9.17, 15) is 14.0 Å². The average molecular weight is 349 g/mol. The summed E-state index contributed by atoms with van der Waals surface area (Å²) in [6.45, 7) is 5.87. The summed E-state index contributed by atoms with van der Waals surface area (Å²) in [5.74, 6) is -0.429. The highest BCUT2D eigenvalue weighted by molar-refractivity contribution is 5.87. The first-order valence-electron chi connectivity index (χ1n) is 8.05. The Labute approximate surface area is 144 Å². The predicted octanol–water partition coefficient (Wildman–Crippen LogP) is 2.59. The molecule has 0 bridgehead atoms. The third-order valence-corrected chi connectivity index (χ3v) is 3.76. The molecule has 1 aliphatic heterocycles. The highest BCUT2D eigenvalue weighted by Gasteiger charge is 2.39. The monoisotopic (exact) mass is 349 g/mol. The van der Waals surface area contributed by atoms with Crippen molar-refractivity contribution in [1.82, 2.24) is 15.2 Å². The average Bonchev–Trinajstić information content (AvgIpc) is 2.83. The molecule has 25 heavy (non-hydrogen) atoms. The molecular formula is C17H20FN3O4. The van der Waals surface area contributed by atoms with E-state index >= 15 is 0 Å². The molecule has 1 fully saturated rings. The van der Waals surface area contributed by atoms with Crippen molar-refractivity contribution in [3.8, 4) is 0 Å².